The molecule has 0 saturated carbocycles. The zero-order chi connectivity index (χ0) is 22.9. The zero-order valence-electron chi connectivity index (χ0n) is 18.7. The van der Waals surface area contributed by atoms with Crippen LogP contribution in [0.2, 0.25) is 0 Å². The van der Waals surface area contributed by atoms with E-state index in [0.717, 1.165) is 27.7 Å². The van der Waals surface area contributed by atoms with Crippen LogP contribution in [0.3, 0.4) is 0 Å². The standard InChI is InChI=1S/C24H22N6O3/c1-14-18-13-26-24(28-16-11-19(31-2)22(33-4)20(12-16)32-3)29-30(18)23(27-14)17-9-5-7-15-8-6-10-25-21(15)17/h5-13H,1-4H3,(H,28,29). The van der Waals surface area contributed by atoms with Crippen molar-refractivity contribution in [3.63, 3.8) is 0 Å². The Morgan fingerprint density at radius 3 is 2.39 bits per heavy atom. The first-order chi connectivity index (χ1) is 16.1. The molecule has 5 rings (SSSR count). The lowest BCUT2D eigenvalue weighted by atomic mass is 10.1. The van der Waals surface area contributed by atoms with Gasteiger partial charge < -0.3 is 19.5 Å². The second kappa shape index (κ2) is 8.27. The van der Waals surface area contributed by atoms with Crippen LogP contribution in [0.25, 0.3) is 27.8 Å². The van der Waals surface area contributed by atoms with E-state index in [4.69, 9.17) is 24.3 Å². The summed E-state index contributed by atoms with van der Waals surface area (Å²) in [5.41, 5.74) is 4.10. The number of para-hydroxylation sites is 1. The molecule has 0 aliphatic carbocycles. The van der Waals surface area contributed by atoms with Gasteiger partial charge in [-0.05, 0) is 19.1 Å². The second-order valence-electron chi connectivity index (χ2n) is 7.32. The van der Waals surface area contributed by atoms with Gasteiger partial charge in [0.15, 0.2) is 17.3 Å². The first-order valence-electron chi connectivity index (χ1n) is 10.3. The number of fused-ring (bicyclic) bond motifs is 2. The van der Waals surface area contributed by atoms with Gasteiger partial charge in [-0.15, -0.1) is 5.10 Å². The van der Waals surface area contributed by atoms with Crippen molar-refractivity contribution in [1.82, 2.24) is 24.6 Å². The van der Waals surface area contributed by atoms with Crippen LogP contribution in [0.15, 0.2) is 54.9 Å². The lowest BCUT2D eigenvalue weighted by molar-refractivity contribution is 0.324. The fourth-order valence-electron chi connectivity index (χ4n) is 3.82. The van der Waals surface area contributed by atoms with Crippen LogP contribution < -0.4 is 19.5 Å². The maximum atomic E-state index is 5.44. The molecule has 0 atom stereocenters. The molecule has 0 unspecified atom stereocenters. The van der Waals surface area contributed by atoms with E-state index in [1.807, 2.05) is 37.3 Å². The normalized spacial score (nSPS) is 11.0. The van der Waals surface area contributed by atoms with E-state index >= 15 is 0 Å². The van der Waals surface area contributed by atoms with E-state index < -0.39 is 0 Å². The monoisotopic (exact) mass is 442 g/mol. The number of aromatic nitrogens is 5. The van der Waals surface area contributed by atoms with Crippen LogP contribution in [-0.2, 0) is 0 Å². The second-order valence-corrected chi connectivity index (χ2v) is 7.32. The summed E-state index contributed by atoms with van der Waals surface area (Å²) in [4.78, 5) is 13.8. The largest absolute Gasteiger partial charge is 0.493 e. The van der Waals surface area contributed by atoms with Gasteiger partial charge in [-0.25, -0.2) is 14.5 Å². The number of nitrogens with one attached hydrogen (secondary N) is 1. The minimum absolute atomic E-state index is 0.392. The topological polar surface area (TPSA) is 95.7 Å². The molecule has 5 aromatic rings. The number of nitrogens with zero attached hydrogens (tertiary/aromatic N) is 5. The molecule has 3 heterocycles. The van der Waals surface area contributed by atoms with E-state index in [2.05, 4.69) is 15.3 Å². The first-order valence-corrected chi connectivity index (χ1v) is 10.3. The number of anilines is 2. The van der Waals surface area contributed by atoms with Gasteiger partial charge >= 0.3 is 0 Å². The van der Waals surface area contributed by atoms with E-state index in [-0.39, 0.29) is 0 Å². The molecular formula is C24H22N6O3. The van der Waals surface area contributed by atoms with Crippen LogP contribution >= 0.6 is 0 Å². The summed E-state index contributed by atoms with van der Waals surface area (Å²) in [5, 5.41) is 8.98. The SMILES string of the molecule is COc1cc(Nc2ncc3c(C)nc(-c4cccc5cccnc45)n3n2)cc(OC)c1OC. The number of imidazole rings is 1. The van der Waals surface area contributed by atoms with Crippen molar-refractivity contribution in [2.24, 2.45) is 0 Å². The van der Waals surface area contributed by atoms with Crippen LogP contribution in [0.5, 0.6) is 17.2 Å². The van der Waals surface area contributed by atoms with Gasteiger partial charge in [0, 0.05) is 35.0 Å². The summed E-state index contributed by atoms with van der Waals surface area (Å²) < 4.78 is 18.1. The fourth-order valence-corrected chi connectivity index (χ4v) is 3.82. The van der Waals surface area contributed by atoms with Crippen molar-refractivity contribution in [3.05, 3.63) is 60.6 Å². The highest BCUT2D eigenvalue weighted by atomic mass is 16.5. The number of methoxy groups -OCH3 is 3. The Labute approximate surface area is 190 Å². The molecule has 0 fully saturated rings. The van der Waals surface area contributed by atoms with E-state index in [0.29, 0.717) is 34.7 Å². The van der Waals surface area contributed by atoms with Crippen molar-refractivity contribution in [2.75, 3.05) is 26.6 Å². The minimum Gasteiger partial charge on any atom is -0.493 e. The van der Waals surface area contributed by atoms with Crippen LogP contribution in [0, 0.1) is 6.92 Å². The van der Waals surface area contributed by atoms with Gasteiger partial charge in [0.25, 0.3) is 0 Å². The number of ether oxygens (including phenoxy) is 3. The highest BCUT2D eigenvalue weighted by Crippen LogP contribution is 2.40. The van der Waals surface area contributed by atoms with Gasteiger partial charge in [-0.2, -0.15) is 0 Å². The average Bonchev–Trinajstić information content (AvgIpc) is 3.18. The molecule has 9 nitrogen and oxygen atoms in total. The highest BCUT2D eigenvalue weighted by molar-refractivity contribution is 5.92. The van der Waals surface area contributed by atoms with Crippen molar-refractivity contribution >= 4 is 28.1 Å². The van der Waals surface area contributed by atoms with E-state index in [1.165, 1.54) is 0 Å². The number of benzene rings is 2. The molecule has 0 aliphatic heterocycles. The van der Waals surface area contributed by atoms with Crippen molar-refractivity contribution in [1.29, 1.82) is 0 Å². The van der Waals surface area contributed by atoms with Crippen molar-refractivity contribution in [3.8, 4) is 28.6 Å². The molecule has 166 valence electrons. The van der Waals surface area contributed by atoms with Gasteiger partial charge in [0.2, 0.25) is 11.7 Å². The number of aryl methyl sites for hydroxylation is 1. The van der Waals surface area contributed by atoms with Crippen LogP contribution in [0.4, 0.5) is 11.6 Å². The smallest absolute Gasteiger partial charge is 0.245 e. The van der Waals surface area contributed by atoms with Crippen LogP contribution in [0.1, 0.15) is 5.69 Å². The molecule has 0 saturated heterocycles. The Hall–Kier alpha value is -4.40. The molecular weight excluding hydrogens is 420 g/mol. The summed E-state index contributed by atoms with van der Waals surface area (Å²) >= 11 is 0. The Morgan fingerprint density at radius 1 is 0.909 bits per heavy atom. The summed E-state index contributed by atoms with van der Waals surface area (Å²) in [5.74, 6) is 2.66. The van der Waals surface area contributed by atoms with Crippen molar-refractivity contribution in [2.45, 2.75) is 6.92 Å². The van der Waals surface area contributed by atoms with Gasteiger partial charge in [0.05, 0.1) is 38.7 Å². The molecule has 2 aromatic carbocycles. The predicted molar refractivity (Wildman–Crippen MR) is 126 cm³/mol. The van der Waals surface area contributed by atoms with Crippen molar-refractivity contribution < 1.29 is 14.2 Å². The third-order valence-corrected chi connectivity index (χ3v) is 5.37. The molecule has 0 spiro atoms. The van der Waals surface area contributed by atoms with Gasteiger partial charge in [0.1, 0.15) is 5.52 Å². The Bertz CT molecular complexity index is 1450. The molecule has 0 radical (unpaired) electrons. The van der Waals surface area contributed by atoms with Gasteiger partial charge in [-0.3, -0.25) is 4.98 Å². The Morgan fingerprint density at radius 2 is 1.67 bits per heavy atom. The van der Waals surface area contributed by atoms with Gasteiger partial charge in [-0.1, -0.05) is 18.2 Å². The summed E-state index contributed by atoms with van der Waals surface area (Å²) in [6, 6.07) is 13.6. The summed E-state index contributed by atoms with van der Waals surface area (Å²) in [6.45, 7) is 1.94. The van der Waals surface area contributed by atoms with Crippen LogP contribution in [-0.4, -0.2) is 45.9 Å². The summed E-state index contributed by atoms with van der Waals surface area (Å²) in [7, 11) is 4.71. The first kappa shape index (κ1) is 20.5. The molecule has 0 aliphatic rings. The van der Waals surface area contributed by atoms with E-state index in [1.54, 1.807) is 50.4 Å². The minimum atomic E-state index is 0.392. The fraction of sp³-hybridized carbons (Fsp3) is 0.167. The molecule has 0 amide bonds. The lowest BCUT2D eigenvalue weighted by Crippen LogP contribution is -2.04. The Kier molecular flexibility index (Phi) is 5.14. The number of hydrogen-bond acceptors (Lipinski definition) is 8. The number of pyridine rings is 1. The predicted octanol–water partition coefficient (Wildman–Crippen LogP) is 4.42. The maximum absolute atomic E-state index is 5.44. The third kappa shape index (κ3) is 3.53. The third-order valence-electron chi connectivity index (χ3n) is 5.37. The quantitative estimate of drug-likeness (QED) is 0.413. The lowest BCUT2D eigenvalue weighted by Gasteiger charge is -2.14. The number of hydrogen-bond donors (Lipinski definition) is 1. The molecule has 1 N–H and O–H groups in total. The molecule has 9 heteroatoms. The Balaban J connectivity index is 1.61. The molecule has 0 bridgehead atoms. The highest BCUT2D eigenvalue weighted by Gasteiger charge is 2.17. The molecule has 33 heavy (non-hydrogen) atoms. The number of rotatable bonds is 6. The van der Waals surface area contributed by atoms with E-state index in [9.17, 15) is 0 Å². The molecule has 3 aromatic heterocycles. The maximum Gasteiger partial charge on any atom is 0.245 e. The summed E-state index contributed by atoms with van der Waals surface area (Å²) in [6.07, 6.45) is 3.53. The zero-order valence-corrected chi connectivity index (χ0v) is 18.7. The average molecular weight is 442 g/mol.